The van der Waals surface area contributed by atoms with E-state index in [2.05, 4.69) is 25.4 Å². The molecule has 14 heteroatoms. The summed E-state index contributed by atoms with van der Waals surface area (Å²) in [5, 5.41) is 6.62. The minimum atomic E-state index is -4.62. The molecule has 3 heterocycles. The van der Waals surface area contributed by atoms with E-state index in [9.17, 15) is 22.8 Å². The van der Waals surface area contributed by atoms with Crippen molar-refractivity contribution in [1.29, 1.82) is 0 Å². The number of aromatic nitrogens is 5. The second-order valence-corrected chi connectivity index (χ2v) is 7.69. The summed E-state index contributed by atoms with van der Waals surface area (Å²) in [6, 6.07) is 0.636. The quantitative estimate of drug-likeness (QED) is 0.416. The number of fused-ring (bicyclic) bond motifs is 1. The van der Waals surface area contributed by atoms with E-state index in [1.165, 1.54) is 16.3 Å². The predicted molar refractivity (Wildman–Crippen MR) is 110 cm³/mol. The molecular formula is C18H16ClF3N6O3S. The molecule has 0 saturated carbocycles. The number of hydrogen-bond donors (Lipinski definition) is 1. The van der Waals surface area contributed by atoms with Crippen molar-refractivity contribution in [3.63, 3.8) is 0 Å². The van der Waals surface area contributed by atoms with Crippen LogP contribution >= 0.6 is 23.4 Å². The monoisotopic (exact) mass is 488 g/mol. The van der Waals surface area contributed by atoms with Crippen LogP contribution in [0.2, 0.25) is 5.02 Å². The Morgan fingerprint density at radius 3 is 2.62 bits per heavy atom. The third-order valence-electron chi connectivity index (χ3n) is 4.32. The fourth-order valence-electron chi connectivity index (χ4n) is 2.73. The van der Waals surface area contributed by atoms with Crippen LogP contribution in [-0.2, 0) is 26.9 Å². The summed E-state index contributed by atoms with van der Waals surface area (Å²) in [6.45, 7) is 2.80. The average molecular weight is 489 g/mol. The lowest BCUT2D eigenvalue weighted by atomic mass is 10.1. The summed E-state index contributed by atoms with van der Waals surface area (Å²) < 4.78 is 44.5. The number of nitrogens with zero attached hydrogens (tertiary/aromatic N) is 5. The number of carbonyl (C=O) groups is 2. The minimum absolute atomic E-state index is 0.165. The molecule has 1 N–H and O–H groups in total. The van der Waals surface area contributed by atoms with Gasteiger partial charge < -0.3 is 10.1 Å². The van der Waals surface area contributed by atoms with Gasteiger partial charge in [-0.25, -0.2) is 14.5 Å². The summed E-state index contributed by atoms with van der Waals surface area (Å²) in [4.78, 5) is 36.3. The standard InChI is InChI=1S/C18H16ClF3N6O3S/c1-8-11(9(2)28-16(24-8)26-17(27-28)32-3)5-14(30)31-7-13(29)25-15-12(19)4-10(6-23-15)18(20,21)22/h4,6H,5,7H2,1-3H3,(H,23,25,29). The molecule has 3 aromatic heterocycles. The first kappa shape index (κ1) is 23.7. The number of hydrogen-bond acceptors (Lipinski definition) is 8. The number of rotatable bonds is 6. The number of halogens is 4. The van der Waals surface area contributed by atoms with Gasteiger partial charge >= 0.3 is 12.1 Å². The van der Waals surface area contributed by atoms with E-state index in [0.29, 0.717) is 40.1 Å². The number of nitrogens with one attached hydrogen (secondary N) is 1. The zero-order valence-corrected chi connectivity index (χ0v) is 18.5. The lowest BCUT2D eigenvalue weighted by molar-refractivity contribution is -0.146. The van der Waals surface area contributed by atoms with Gasteiger partial charge in [0.25, 0.3) is 11.7 Å². The first-order valence-corrected chi connectivity index (χ1v) is 10.5. The number of anilines is 1. The van der Waals surface area contributed by atoms with Crippen LogP contribution in [-0.4, -0.2) is 49.3 Å². The third kappa shape index (κ3) is 5.27. The minimum Gasteiger partial charge on any atom is -0.455 e. The Morgan fingerprint density at radius 1 is 1.28 bits per heavy atom. The molecule has 0 bridgehead atoms. The molecule has 0 aliphatic rings. The van der Waals surface area contributed by atoms with E-state index < -0.39 is 35.2 Å². The van der Waals surface area contributed by atoms with Crippen LogP contribution in [0.15, 0.2) is 17.4 Å². The van der Waals surface area contributed by atoms with E-state index in [4.69, 9.17) is 16.3 Å². The summed E-state index contributed by atoms with van der Waals surface area (Å²) in [5.74, 6) is -1.39. The Kier molecular flexibility index (Phi) is 6.88. The van der Waals surface area contributed by atoms with Crippen molar-refractivity contribution >= 4 is 46.8 Å². The Labute approximate surface area is 188 Å². The third-order valence-corrected chi connectivity index (χ3v) is 5.15. The van der Waals surface area contributed by atoms with Crippen LogP contribution < -0.4 is 5.32 Å². The van der Waals surface area contributed by atoms with Crippen molar-refractivity contribution in [2.75, 3.05) is 18.2 Å². The molecule has 0 aromatic carbocycles. The molecule has 0 unspecified atom stereocenters. The molecule has 0 fully saturated rings. The van der Waals surface area contributed by atoms with Gasteiger partial charge in [-0.3, -0.25) is 9.59 Å². The highest BCUT2D eigenvalue weighted by Gasteiger charge is 2.31. The molecule has 3 aromatic rings. The Hall–Kier alpha value is -2.93. The zero-order chi connectivity index (χ0) is 23.6. The van der Waals surface area contributed by atoms with Crippen molar-refractivity contribution in [1.82, 2.24) is 24.6 Å². The number of carbonyl (C=O) groups excluding carboxylic acids is 2. The van der Waals surface area contributed by atoms with Crippen LogP contribution in [0.4, 0.5) is 19.0 Å². The molecule has 0 atom stereocenters. The molecule has 9 nitrogen and oxygen atoms in total. The fourth-order valence-corrected chi connectivity index (χ4v) is 3.28. The highest BCUT2D eigenvalue weighted by atomic mass is 35.5. The normalized spacial score (nSPS) is 11.6. The number of alkyl halides is 3. The van der Waals surface area contributed by atoms with Crippen LogP contribution in [0.25, 0.3) is 5.78 Å². The molecular weight excluding hydrogens is 473 g/mol. The first-order valence-electron chi connectivity index (χ1n) is 8.94. The number of aryl methyl sites for hydroxylation is 2. The number of esters is 1. The molecule has 32 heavy (non-hydrogen) atoms. The Bertz CT molecular complexity index is 1200. The van der Waals surface area contributed by atoms with Crippen LogP contribution in [0.1, 0.15) is 22.5 Å². The van der Waals surface area contributed by atoms with Crippen molar-refractivity contribution in [2.24, 2.45) is 0 Å². The smallest absolute Gasteiger partial charge is 0.417 e. The fraction of sp³-hybridized carbons (Fsp3) is 0.333. The maximum atomic E-state index is 12.7. The van der Waals surface area contributed by atoms with Gasteiger partial charge in [0.1, 0.15) is 0 Å². The van der Waals surface area contributed by atoms with E-state index >= 15 is 0 Å². The summed E-state index contributed by atoms with van der Waals surface area (Å²) in [5.41, 5.74) is 0.743. The van der Waals surface area contributed by atoms with Gasteiger partial charge in [-0.15, -0.1) is 5.10 Å². The molecule has 0 aliphatic carbocycles. The lowest BCUT2D eigenvalue weighted by Crippen LogP contribution is -2.23. The van der Waals surface area contributed by atoms with Crippen LogP contribution in [0.5, 0.6) is 0 Å². The van der Waals surface area contributed by atoms with Gasteiger partial charge in [0.2, 0.25) is 5.16 Å². The van der Waals surface area contributed by atoms with Crippen molar-refractivity contribution in [2.45, 2.75) is 31.6 Å². The van der Waals surface area contributed by atoms with Gasteiger partial charge in [-0.05, 0) is 26.2 Å². The topological polar surface area (TPSA) is 111 Å². The molecule has 170 valence electrons. The molecule has 0 saturated heterocycles. The van der Waals surface area contributed by atoms with Crippen molar-refractivity contribution in [3.8, 4) is 0 Å². The molecule has 0 aliphatic heterocycles. The lowest BCUT2D eigenvalue weighted by Gasteiger charge is -2.11. The number of amides is 1. The predicted octanol–water partition coefficient (Wildman–Crippen LogP) is 3.25. The van der Waals surface area contributed by atoms with Gasteiger partial charge in [-0.1, -0.05) is 23.4 Å². The maximum Gasteiger partial charge on any atom is 0.417 e. The second kappa shape index (κ2) is 9.28. The highest BCUT2D eigenvalue weighted by Crippen LogP contribution is 2.32. The highest BCUT2D eigenvalue weighted by molar-refractivity contribution is 7.98. The number of thioether (sulfide) groups is 1. The molecule has 0 spiro atoms. The van der Waals surface area contributed by atoms with Gasteiger partial charge in [0.15, 0.2) is 12.4 Å². The number of ether oxygens (including phenoxy) is 1. The zero-order valence-electron chi connectivity index (χ0n) is 16.9. The van der Waals surface area contributed by atoms with Crippen molar-refractivity contribution < 1.29 is 27.5 Å². The van der Waals surface area contributed by atoms with Crippen LogP contribution in [0, 0.1) is 13.8 Å². The molecule has 0 radical (unpaired) electrons. The molecule has 3 rings (SSSR count). The van der Waals surface area contributed by atoms with Crippen molar-refractivity contribution in [3.05, 3.63) is 39.8 Å². The summed E-state index contributed by atoms with van der Waals surface area (Å²) >= 11 is 7.09. The van der Waals surface area contributed by atoms with E-state index in [-0.39, 0.29) is 12.2 Å². The van der Waals surface area contributed by atoms with Gasteiger partial charge in [0.05, 0.1) is 17.0 Å². The van der Waals surface area contributed by atoms with Crippen LogP contribution in [0.3, 0.4) is 0 Å². The van der Waals surface area contributed by atoms with E-state index in [1.54, 1.807) is 13.8 Å². The van der Waals surface area contributed by atoms with E-state index in [0.717, 1.165) is 0 Å². The second-order valence-electron chi connectivity index (χ2n) is 6.51. The summed E-state index contributed by atoms with van der Waals surface area (Å²) in [7, 11) is 0. The number of pyridine rings is 1. The average Bonchev–Trinajstić information content (AvgIpc) is 3.13. The first-order chi connectivity index (χ1) is 15.0. The summed E-state index contributed by atoms with van der Waals surface area (Å²) in [6.07, 6.45) is -2.42. The Balaban J connectivity index is 1.62. The Morgan fingerprint density at radius 2 is 2.00 bits per heavy atom. The maximum absolute atomic E-state index is 12.7. The SMILES string of the molecule is CSc1nc2nc(C)c(CC(=O)OCC(=O)Nc3ncc(C(F)(F)F)cc3Cl)c(C)n2n1. The largest absolute Gasteiger partial charge is 0.455 e. The molecule has 1 amide bonds. The van der Waals surface area contributed by atoms with E-state index in [1.807, 2.05) is 6.26 Å². The van der Waals surface area contributed by atoms with Gasteiger partial charge in [0, 0.05) is 23.1 Å². The van der Waals surface area contributed by atoms with Gasteiger partial charge in [-0.2, -0.15) is 18.2 Å².